The molecule has 0 aliphatic rings. The molecular weight excluding hydrogens is 316 g/mol. The Morgan fingerprint density at radius 2 is 1.94 bits per heavy atom. The fourth-order valence-corrected chi connectivity index (χ4v) is 2.87. The molecule has 0 aromatic heterocycles. The van der Waals surface area contributed by atoms with E-state index in [1.54, 1.807) is 6.92 Å². The highest BCUT2D eigenvalue weighted by Gasteiger charge is 2.10. The van der Waals surface area contributed by atoms with Crippen molar-refractivity contribution in [1.82, 2.24) is 0 Å². The summed E-state index contributed by atoms with van der Waals surface area (Å²) in [5, 5.41) is 0. The number of hydrogen-bond acceptors (Lipinski definition) is 3. The second kappa shape index (κ2) is 7.04. The van der Waals surface area contributed by atoms with Crippen molar-refractivity contribution in [2.45, 2.75) is 26.2 Å². The van der Waals surface area contributed by atoms with Crippen LogP contribution in [0.5, 0.6) is 0 Å². The van der Waals surface area contributed by atoms with Crippen LogP contribution < -0.4 is 0 Å². The first-order chi connectivity index (χ1) is 8.44. The summed E-state index contributed by atoms with van der Waals surface area (Å²) in [6.07, 6.45) is 1.09. The standard InChI is InChI=1S/C13H17BrO3S/c1-2-18(16,17)9-5-7-12(15)10-11-6-3-4-8-13(11)14/h3-4,6,8H,2,5,7,9-10H2,1H3. The maximum atomic E-state index is 11.7. The van der Waals surface area contributed by atoms with Gasteiger partial charge < -0.3 is 0 Å². The molecule has 0 heterocycles. The van der Waals surface area contributed by atoms with Crippen molar-refractivity contribution < 1.29 is 13.2 Å². The van der Waals surface area contributed by atoms with E-state index in [-0.39, 0.29) is 17.3 Å². The summed E-state index contributed by atoms with van der Waals surface area (Å²) in [6, 6.07) is 7.57. The maximum Gasteiger partial charge on any atom is 0.150 e. The van der Waals surface area contributed by atoms with Gasteiger partial charge in [-0.25, -0.2) is 8.42 Å². The molecule has 1 rings (SSSR count). The summed E-state index contributed by atoms with van der Waals surface area (Å²) < 4.78 is 23.5. The van der Waals surface area contributed by atoms with Gasteiger partial charge in [-0.3, -0.25) is 4.79 Å². The Labute approximate surface area is 117 Å². The van der Waals surface area contributed by atoms with Gasteiger partial charge in [0.05, 0.1) is 5.75 Å². The number of benzene rings is 1. The molecule has 0 N–H and O–H groups in total. The number of sulfone groups is 1. The third-order valence-electron chi connectivity index (χ3n) is 2.70. The second-order valence-corrected chi connectivity index (χ2v) is 7.47. The Kier molecular flexibility index (Phi) is 6.02. The zero-order valence-electron chi connectivity index (χ0n) is 10.4. The zero-order valence-corrected chi connectivity index (χ0v) is 12.8. The average molecular weight is 333 g/mol. The summed E-state index contributed by atoms with van der Waals surface area (Å²) in [6.45, 7) is 1.62. The summed E-state index contributed by atoms with van der Waals surface area (Å²) in [5.74, 6) is 0.324. The van der Waals surface area contributed by atoms with Crippen LogP contribution in [0.4, 0.5) is 0 Å². The molecule has 0 fully saturated rings. The molecule has 0 aliphatic heterocycles. The minimum atomic E-state index is -2.96. The first-order valence-corrected chi connectivity index (χ1v) is 8.51. The van der Waals surface area contributed by atoms with E-state index in [1.807, 2.05) is 24.3 Å². The molecule has 0 unspecified atom stereocenters. The second-order valence-electron chi connectivity index (χ2n) is 4.15. The largest absolute Gasteiger partial charge is 0.299 e. The fourth-order valence-electron chi connectivity index (χ4n) is 1.58. The average Bonchev–Trinajstić information content (AvgIpc) is 2.32. The highest BCUT2D eigenvalue weighted by atomic mass is 79.9. The van der Waals surface area contributed by atoms with Gasteiger partial charge in [-0.15, -0.1) is 0 Å². The van der Waals surface area contributed by atoms with Crippen LogP contribution in [0.25, 0.3) is 0 Å². The number of carbonyl (C=O) groups is 1. The third kappa shape index (κ3) is 5.31. The lowest BCUT2D eigenvalue weighted by Crippen LogP contribution is -2.11. The fraction of sp³-hybridized carbons (Fsp3) is 0.462. The van der Waals surface area contributed by atoms with Crippen LogP contribution in [0.1, 0.15) is 25.3 Å². The molecule has 100 valence electrons. The van der Waals surface area contributed by atoms with Crippen molar-refractivity contribution in [2.24, 2.45) is 0 Å². The van der Waals surface area contributed by atoms with Gasteiger partial charge in [0.15, 0.2) is 0 Å². The first-order valence-electron chi connectivity index (χ1n) is 5.90. The molecule has 0 amide bonds. The van der Waals surface area contributed by atoms with Crippen molar-refractivity contribution in [3.8, 4) is 0 Å². The summed E-state index contributed by atoms with van der Waals surface area (Å²) >= 11 is 3.39. The van der Waals surface area contributed by atoms with Crippen LogP contribution in [0.15, 0.2) is 28.7 Å². The van der Waals surface area contributed by atoms with Crippen LogP contribution in [0, 0.1) is 0 Å². The summed E-state index contributed by atoms with van der Waals surface area (Å²) in [5.41, 5.74) is 0.945. The molecular formula is C13H17BrO3S. The van der Waals surface area contributed by atoms with E-state index in [2.05, 4.69) is 15.9 Å². The minimum absolute atomic E-state index is 0.0770. The predicted octanol–water partition coefficient (Wildman–Crippen LogP) is 2.78. The van der Waals surface area contributed by atoms with E-state index in [9.17, 15) is 13.2 Å². The van der Waals surface area contributed by atoms with E-state index >= 15 is 0 Å². The van der Waals surface area contributed by atoms with E-state index < -0.39 is 9.84 Å². The molecule has 1 aromatic rings. The van der Waals surface area contributed by atoms with Gasteiger partial charge in [-0.05, 0) is 18.1 Å². The van der Waals surface area contributed by atoms with Gasteiger partial charge in [0.1, 0.15) is 15.6 Å². The monoisotopic (exact) mass is 332 g/mol. The van der Waals surface area contributed by atoms with Crippen LogP contribution in [-0.4, -0.2) is 25.7 Å². The zero-order chi connectivity index (χ0) is 13.6. The van der Waals surface area contributed by atoms with Crippen LogP contribution >= 0.6 is 15.9 Å². The Morgan fingerprint density at radius 3 is 2.56 bits per heavy atom. The van der Waals surface area contributed by atoms with Gasteiger partial charge in [0, 0.05) is 23.1 Å². The highest BCUT2D eigenvalue weighted by Crippen LogP contribution is 2.17. The van der Waals surface area contributed by atoms with E-state index in [1.165, 1.54) is 0 Å². The van der Waals surface area contributed by atoms with Crippen molar-refractivity contribution in [3.05, 3.63) is 34.3 Å². The van der Waals surface area contributed by atoms with Gasteiger partial charge in [-0.1, -0.05) is 41.1 Å². The quantitative estimate of drug-likeness (QED) is 0.771. The lowest BCUT2D eigenvalue weighted by atomic mass is 10.1. The third-order valence-corrected chi connectivity index (χ3v) is 5.26. The summed E-state index contributed by atoms with van der Waals surface area (Å²) in [4.78, 5) is 11.7. The number of carbonyl (C=O) groups excluding carboxylic acids is 1. The number of Topliss-reactive ketones (excluding diaryl/α,β-unsaturated/α-hetero) is 1. The number of rotatable bonds is 7. The van der Waals surface area contributed by atoms with Gasteiger partial charge in [0.25, 0.3) is 0 Å². The van der Waals surface area contributed by atoms with Crippen LogP contribution in [0.2, 0.25) is 0 Å². The lowest BCUT2D eigenvalue weighted by Gasteiger charge is -2.04. The van der Waals surface area contributed by atoms with E-state index in [4.69, 9.17) is 0 Å². The summed E-state index contributed by atoms with van der Waals surface area (Å²) in [7, 11) is -2.96. The van der Waals surface area contributed by atoms with Gasteiger partial charge >= 0.3 is 0 Å². The van der Waals surface area contributed by atoms with E-state index in [0.717, 1.165) is 10.0 Å². The number of ketones is 1. The Hall–Kier alpha value is -0.680. The number of hydrogen-bond donors (Lipinski definition) is 0. The Balaban J connectivity index is 2.42. The lowest BCUT2D eigenvalue weighted by molar-refractivity contribution is -0.118. The van der Waals surface area contributed by atoms with Crippen molar-refractivity contribution in [3.63, 3.8) is 0 Å². The van der Waals surface area contributed by atoms with Crippen LogP contribution in [0.3, 0.4) is 0 Å². The normalized spacial score (nSPS) is 11.4. The topological polar surface area (TPSA) is 51.2 Å². The van der Waals surface area contributed by atoms with E-state index in [0.29, 0.717) is 19.3 Å². The maximum absolute atomic E-state index is 11.7. The molecule has 0 radical (unpaired) electrons. The molecule has 1 aromatic carbocycles. The molecule has 5 heteroatoms. The van der Waals surface area contributed by atoms with Crippen molar-refractivity contribution in [2.75, 3.05) is 11.5 Å². The molecule has 0 aliphatic carbocycles. The molecule has 18 heavy (non-hydrogen) atoms. The smallest absolute Gasteiger partial charge is 0.150 e. The van der Waals surface area contributed by atoms with Gasteiger partial charge in [0.2, 0.25) is 0 Å². The SMILES string of the molecule is CCS(=O)(=O)CCCC(=O)Cc1ccccc1Br. The molecule has 0 bridgehead atoms. The van der Waals surface area contributed by atoms with Crippen molar-refractivity contribution in [1.29, 1.82) is 0 Å². The molecule has 0 atom stereocenters. The molecule has 0 saturated carbocycles. The molecule has 0 spiro atoms. The van der Waals surface area contributed by atoms with Crippen molar-refractivity contribution >= 4 is 31.6 Å². The highest BCUT2D eigenvalue weighted by molar-refractivity contribution is 9.10. The first kappa shape index (κ1) is 15.4. The molecule has 0 saturated heterocycles. The van der Waals surface area contributed by atoms with Crippen LogP contribution in [-0.2, 0) is 21.1 Å². The van der Waals surface area contributed by atoms with Gasteiger partial charge in [-0.2, -0.15) is 0 Å². The number of halogens is 1. The Morgan fingerprint density at radius 1 is 1.28 bits per heavy atom. The molecule has 3 nitrogen and oxygen atoms in total. The minimum Gasteiger partial charge on any atom is -0.299 e. The Bertz CT molecular complexity index is 509. The predicted molar refractivity (Wildman–Crippen MR) is 76.4 cm³/mol.